The minimum atomic E-state index is 0.627. The Kier molecular flexibility index (Phi) is 3.22. The van der Waals surface area contributed by atoms with Crippen molar-refractivity contribution in [2.24, 2.45) is 5.41 Å². The van der Waals surface area contributed by atoms with E-state index in [1.807, 2.05) is 6.07 Å². The lowest BCUT2D eigenvalue weighted by atomic mass is 9.74. The molecule has 0 saturated carbocycles. The molecule has 4 rings (SSSR count). The summed E-state index contributed by atoms with van der Waals surface area (Å²) in [6, 6.07) is 6.23. The molecule has 4 nitrogen and oxygen atoms in total. The van der Waals surface area contributed by atoms with Crippen molar-refractivity contribution in [3.63, 3.8) is 0 Å². The van der Waals surface area contributed by atoms with E-state index < -0.39 is 0 Å². The monoisotopic (exact) mass is 352 g/mol. The van der Waals surface area contributed by atoms with E-state index >= 15 is 0 Å². The standard InChI is InChI=1S/C14H17BrN4S/c15-10-1-2-11-12(5-10)20-13(18-11)17-3-4-19-8-14(9-19)6-16-7-14/h1-2,5,16H,3-4,6-9H2,(H,17,18). The Morgan fingerprint density at radius 2 is 2.25 bits per heavy atom. The van der Waals surface area contributed by atoms with Crippen LogP contribution in [0.25, 0.3) is 10.2 Å². The zero-order chi connectivity index (χ0) is 13.6. The molecule has 20 heavy (non-hydrogen) atoms. The van der Waals surface area contributed by atoms with Gasteiger partial charge in [0.15, 0.2) is 5.13 Å². The van der Waals surface area contributed by atoms with Crippen molar-refractivity contribution in [3.8, 4) is 0 Å². The van der Waals surface area contributed by atoms with Crippen molar-refractivity contribution >= 4 is 42.6 Å². The quantitative estimate of drug-likeness (QED) is 0.886. The number of benzene rings is 1. The van der Waals surface area contributed by atoms with Gasteiger partial charge >= 0.3 is 0 Å². The minimum Gasteiger partial charge on any atom is -0.360 e. The third kappa shape index (κ3) is 2.35. The summed E-state index contributed by atoms with van der Waals surface area (Å²) in [5.41, 5.74) is 1.70. The van der Waals surface area contributed by atoms with E-state index in [4.69, 9.17) is 0 Å². The fourth-order valence-electron chi connectivity index (χ4n) is 3.06. The highest BCUT2D eigenvalue weighted by Gasteiger charge is 2.46. The van der Waals surface area contributed by atoms with E-state index in [-0.39, 0.29) is 0 Å². The van der Waals surface area contributed by atoms with Crippen molar-refractivity contribution in [3.05, 3.63) is 22.7 Å². The molecule has 2 N–H and O–H groups in total. The molecule has 6 heteroatoms. The normalized spacial score (nSPS) is 20.9. The lowest BCUT2D eigenvalue weighted by Crippen LogP contribution is -2.71. The van der Waals surface area contributed by atoms with Crippen LogP contribution in [0.5, 0.6) is 0 Å². The molecule has 2 aliphatic rings. The average Bonchev–Trinajstić information content (AvgIpc) is 2.71. The Morgan fingerprint density at radius 1 is 1.40 bits per heavy atom. The number of nitrogens with zero attached hydrogens (tertiary/aromatic N) is 2. The highest BCUT2D eigenvalue weighted by molar-refractivity contribution is 9.10. The molecule has 0 amide bonds. The second-order valence-corrected chi connectivity index (χ2v) is 7.82. The zero-order valence-corrected chi connectivity index (χ0v) is 13.6. The van der Waals surface area contributed by atoms with Gasteiger partial charge in [-0.2, -0.15) is 0 Å². The summed E-state index contributed by atoms with van der Waals surface area (Å²) in [6.45, 7) is 7.03. The van der Waals surface area contributed by atoms with Crippen molar-refractivity contribution in [2.45, 2.75) is 0 Å². The van der Waals surface area contributed by atoms with Gasteiger partial charge < -0.3 is 15.5 Å². The largest absolute Gasteiger partial charge is 0.360 e. The number of anilines is 1. The summed E-state index contributed by atoms with van der Waals surface area (Å²) in [5.74, 6) is 0. The summed E-state index contributed by atoms with van der Waals surface area (Å²) < 4.78 is 2.34. The molecule has 106 valence electrons. The SMILES string of the molecule is Brc1ccc2nc(NCCN3CC4(CNC4)C3)sc2c1. The van der Waals surface area contributed by atoms with Gasteiger partial charge in [-0.15, -0.1) is 0 Å². The second kappa shape index (κ2) is 4.94. The number of rotatable bonds is 4. The van der Waals surface area contributed by atoms with E-state index in [2.05, 4.69) is 48.6 Å². The van der Waals surface area contributed by atoms with Gasteiger partial charge in [-0.1, -0.05) is 27.3 Å². The van der Waals surface area contributed by atoms with Gasteiger partial charge in [0, 0.05) is 49.2 Å². The molecule has 2 aromatic rings. The highest BCUT2D eigenvalue weighted by Crippen LogP contribution is 2.33. The van der Waals surface area contributed by atoms with Crippen LogP contribution in [0.3, 0.4) is 0 Å². The summed E-state index contributed by atoms with van der Waals surface area (Å²) in [5, 5.41) is 7.85. The van der Waals surface area contributed by atoms with Crippen LogP contribution in [-0.4, -0.2) is 49.2 Å². The third-order valence-electron chi connectivity index (χ3n) is 4.17. The molecule has 2 aliphatic heterocycles. The van der Waals surface area contributed by atoms with Crippen LogP contribution in [0.1, 0.15) is 0 Å². The van der Waals surface area contributed by atoms with Crippen LogP contribution in [0.4, 0.5) is 5.13 Å². The molecule has 2 fully saturated rings. The number of fused-ring (bicyclic) bond motifs is 1. The first-order valence-electron chi connectivity index (χ1n) is 6.96. The first kappa shape index (κ1) is 13.0. The maximum atomic E-state index is 4.61. The Hall–Kier alpha value is -0.690. The van der Waals surface area contributed by atoms with Crippen molar-refractivity contribution in [1.82, 2.24) is 15.2 Å². The molecule has 0 atom stereocenters. The van der Waals surface area contributed by atoms with Crippen LogP contribution in [0.2, 0.25) is 0 Å². The van der Waals surface area contributed by atoms with E-state index in [1.54, 1.807) is 11.3 Å². The van der Waals surface area contributed by atoms with Gasteiger partial charge in [0.1, 0.15) is 0 Å². The molecule has 3 heterocycles. The van der Waals surface area contributed by atoms with E-state index in [0.29, 0.717) is 5.41 Å². The summed E-state index contributed by atoms with van der Waals surface area (Å²) >= 11 is 5.22. The van der Waals surface area contributed by atoms with Gasteiger partial charge in [0.2, 0.25) is 0 Å². The maximum absolute atomic E-state index is 4.61. The van der Waals surface area contributed by atoms with Gasteiger partial charge in [-0.3, -0.25) is 0 Å². The number of halogens is 1. The van der Waals surface area contributed by atoms with Crippen LogP contribution in [0.15, 0.2) is 22.7 Å². The Balaban J connectivity index is 1.30. The van der Waals surface area contributed by atoms with Gasteiger partial charge in [-0.05, 0) is 18.2 Å². The lowest BCUT2D eigenvalue weighted by molar-refractivity contribution is -0.0364. The fraction of sp³-hybridized carbons (Fsp3) is 0.500. The molecule has 0 aliphatic carbocycles. The molecule has 1 spiro atoms. The summed E-state index contributed by atoms with van der Waals surface area (Å²) in [6.07, 6.45) is 0. The van der Waals surface area contributed by atoms with E-state index in [1.165, 1.54) is 30.9 Å². The summed E-state index contributed by atoms with van der Waals surface area (Å²) in [7, 11) is 0. The predicted octanol–water partition coefficient (Wildman–Crippen LogP) is 2.38. The fourth-order valence-corrected chi connectivity index (χ4v) is 4.50. The second-order valence-electron chi connectivity index (χ2n) is 5.87. The van der Waals surface area contributed by atoms with Gasteiger partial charge in [0.25, 0.3) is 0 Å². The van der Waals surface area contributed by atoms with Crippen molar-refractivity contribution < 1.29 is 0 Å². The molecule has 1 aromatic heterocycles. The highest BCUT2D eigenvalue weighted by atomic mass is 79.9. The van der Waals surface area contributed by atoms with E-state index in [9.17, 15) is 0 Å². The molecule has 0 unspecified atom stereocenters. The number of hydrogen-bond acceptors (Lipinski definition) is 5. The van der Waals surface area contributed by atoms with Gasteiger partial charge in [0.05, 0.1) is 10.2 Å². The lowest BCUT2D eigenvalue weighted by Gasteiger charge is -2.56. The number of aromatic nitrogens is 1. The number of nitrogens with one attached hydrogen (secondary N) is 2. The van der Waals surface area contributed by atoms with E-state index in [0.717, 1.165) is 28.2 Å². The molecule has 1 aromatic carbocycles. The Bertz CT molecular complexity index is 629. The minimum absolute atomic E-state index is 0.627. The van der Waals surface area contributed by atoms with Crippen molar-refractivity contribution in [2.75, 3.05) is 44.6 Å². The van der Waals surface area contributed by atoms with Crippen LogP contribution >= 0.6 is 27.3 Å². The van der Waals surface area contributed by atoms with Crippen LogP contribution < -0.4 is 10.6 Å². The Morgan fingerprint density at radius 3 is 3.00 bits per heavy atom. The van der Waals surface area contributed by atoms with Crippen molar-refractivity contribution in [1.29, 1.82) is 0 Å². The summed E-state index contributed by atoms with van der Waals surface area (Å²) in [4.78, 5) is 7.13. The number of hydrogen-bond donors (Lipinski definition) is 2. The smallest absolute Gasteiger partial charge is 0.183 e. The molecule has 2 saturated heterocycles. The predicted molar refractivity (Wildman–Crippen MR) is 87.6 cm³/mol. The number of thiazole rings is 1. The van der Waals surface area contributed by atoms with Gasteiger partial charge in [-0.25, -0.2) is 4.98 Å². The van der Waals surface area contributed by atoms with Crippen LogP contribution in [0, 0.1) is 5.41 Å². The third-order valence-corrected chi connectivity index (χ3v) is 5.64. The first-order valence-corrected chi connectivity index (χ1v) is 8.57. The molecular weight excluding hydrogens is 336 g/mol. The van der Waals surface area contributed by atoms with Crippen LogP contribution in [-0.2, 0) is 0 Å². The molecule has 0 bridgehead atoms. The maximum Gasteiger partial charge on any atom is 0.183 e. The first-order chi connectivity index (χ1) is 9.72. The Labute approximate surface area is 130 Å². The topological polar surface area (TPSA) is 40.2 Å². The number of likely N-dealkylation sites (tertiary alicyclic amines) is 1. The molecule has 0 radical (unpaired) electrons. The molecular formula is C14H17BrN4S. The average molecular weight is 353 g/mol. The zero-order valence-electron chi connectivity index (χ0n) is 11.2.